The van der Waals surface area contributed by atoms with Crippen LogP contribution in [-0.2, 0) is 6.54 Å². The van der Waals surface area contributed by atoms with Gasteiger partial charge in [0.2, 0.25) is 0 Å². The molecule has 7 heteroatoms. The summed E-state index contributed by atoms with van der Waals surface area (Å²) in [4.78, 5) is 19.0. The molecule has 4 heterocycles. The smallest absolute Gasteiger partial charge is 0.0784 e. The number of pyridine rings is 4. The van der Waals surface area contributed by atoms with E-state index >= 15 is 0 Å². The summed E-state index contributed by atoms with van der Waals surface area (Å²) in [6.07, 6.45) is 4.65. The van der Waals surface area contributed by atoms with Crippen molar-refractivity contribution in [1.82, 2.24) is 19.9 Å². The number of aromatic nitrogens is 4. The average Bonchev–Trinajstić information content (AvgIpc) is 3.44. The molecule has 12 aromatic rings. The Balaban J connectivity index is 0.000000118. The first kappa shape index (κ1) is 48.3. The molecule has 4 aromatic heterocycles. The van der Waals surface area contributed by atoms with E-state index < -0.39 is 0 Å². The molecule has 0 bridgehead atoms. The van der Waals surface area contributed by atoms with E-state index in [1.807, 2.05) is 49.4 Å². The van der Waals surface area contributed by atoms with Crippen LogP contribution in [0.1, 0.15) is 94.2 Å². The van der Waals surface area contributed by atoms with E-state index in [-0.39, 0.29) is 12.1 Å². The zero-order valence-electron chi connectivity index (χ0n) is 41.3. The monoisotopic (exact) mass is 930 g/mol. The number of unbranched alkanes of at least 4 members (excludes halogenated alkanes) is 1. The number of hydrogen-bond acceptors (Lipinski definition) is 7. The van der Waals surface area contributed by atoms with E-state index in [1.54, 1.807) is 0 Å². The van der Waals surface area contributed by atoms with Gasteiger partial charge in [0.1, 0.15) is 0 Å². The second-order valence-corrected chi connectivity index (χ2v) is 18.5. The van der Waals surface area contributed by atoms with Crippen molar-refractivity contribution in [3.8, 4) is 0 Å². The van der Waals surface area contributed by atoms with Crippen LogP contribution >= 0.6 is 0 Å². The van der Waals surface area contributed by atoms with Gasteiger partial charge in [0.05, 0.1) is 39.1 Å². The van der Waals surface area contributed by atoms with Gasteiger partial charge in [-0.2, -0.15) is 0 Å². The third-order valence-electron chi connectivity index (χ3n) is 13.5. The molecular formula is C64H63N7. The summed E-state index contributed by atoms with van der Waals surface area (Å²) in [6.45, 7) is 9.06. The molecule has 0 saturated heterocycles. The van der Waals surface area contributed by atoms with E-state index in [1.165, 1.54) is 78.8 Å². The van der Waals surface area contributed by atoms with E-state index in [0.29, 0.717) is 12.5 Å². The van der Waals surface area contributed by atoms with Gasteiger partial charge in [-0.15, -0.1) is 0 Å². The summed E-state index contributed by atoms with van der Waals surface area (Å²) >= 11 is 0. The molecule has 71 heavy (non-hydrogen) atoms. The Bertz CT molecular complexity index is 3770. The molecule has 8 aromatic carbocycles. The van der Waals surface area contributed by atoms with Crippen molar-refractivity contribution in [2.45, 2.75) is 77.9 Å². The Morgan fingerprint density at radius 2 is 0.718 bits per heavy atom. The summed E-state index contributed by atoms with van der Waals surface area (Å²) in [5, 5.41) is 14.5. The molecule has 0 saturated carbocycles. The van der Waals surface area contributed by atoms with Crippen LogP contribution in [0.4, 0.5) is 0 Å². The molecule has 3 atom stereocenters. The van der Waals surface area contributed by atoms with Crippen LogP contribution in [0, 0.1) is 0 Å². The maximum Gasteiger partial charge on any atom is 0.0784 e. The van der Waals surface area contributed by atoms with Crippen molar-refractivity contribution in [2.24, 2.45) is 17.2 Å². The lowest BCUT2D eigenvalue weighted by Gasteiger charge is -2.12. The zero-order valence-corrected chi connectivity index (χ0v) is 41.3. The third kappa shape index (κ3) is 10.9. The lowest BCUT2D eigenvalue weighted by molar-refractivity contribution is 0.613. The molecule has 354 valence electrons. The second kappa shape index (κ2) is 22.4. The summed E-state index contributed by atoms with van der Waals surface area (Å²) in [5.74, 6) is 0.540. The van der Waals surface area contributed by atoms with E-state index in [0.717, 1.165) is 56.3 Å². The van der Waals surface area contributed by atoms with Gasteiger partial charge in [-0.05, 0) is 71.5 Å². The highest BCUT2D eigenvalue weighted by molar-refractivity contribution is 6.07. The highest BCUT2D eigenvalue weighted by Gasteiger charge is 2.11. The minimum Gasteiger partial charge on any atom is -0.325 e. The molecule has 3 unspecified atom stereocenters. The summed E-state index contributed by atoms with van der Waals surface area (Å²) in [5.41, 5.74) is 25.9. The fourth-order valence-corrected chi connectivity index (χ4v) is 9.23. The number of benzene rings is 8. The molecule has 7 nitrogen and oxygen atoms in total. The van der Waals surface area contributed by atoms with Gasteiger partial charge < -0.3 is 17.2 Å². The van der Waals surface area contributed by atoms with Crippen LogP contribution in [0.25, 0.3) is 86.7 Å². The summed E-state index contributed by atoms with van der Waals surface area (Å²) in [7, 11) is 0. The lowest BCUT2D eigenvalue weighted by Crippen LogP contribution is -2.10. The zero-order chi connectivity index (χ0) is 49.3. The Kier molecular flexibility index (Phi) is 15.2. The Morgan fingerprint density at radius 1 is 0.380 bits per heavy atom. The molecule has 0 aliphatic rings. The number of rotatable bonds is 8. The standard InChI is InChI=1S/C19H21N.C16H16N2.C15H14N2.C14H12N2/c1-3-4-7-14(2)18-13-12-16-11-10-15-8-5-6-9-17(15)19(16)20-18;1-2-14(17)15-10-9-12-8-7-11-5-3-4-6-13(11)16(12)18-15;1-10(16)14-9-8-12-7-6-11-4-2-3-5-13(11)15(12)17-14;15-9-12-8-7-11-6-5-10-3-1-2-4-13(10)14(11)16-12/h5-6,8-14H,3-4,7H2,1-2H3;3-10,14H,2,17H2,1H3;2-10H,16H2,1H3;1-8H,9,15H2. The second-order valence-electron chi connectivity index (χ2n) is 18.5. The Morgan fingerprint density at radius 3 is 1.13 bits per heavy atom. The van der Waals surface area contributed by atoms with Crippen molar-refractivity contribution < 1.29 is 0 Å². The number of nitrogens with zero attached hydrogens (tertiary/aromatic N) is 4. The van der Waals surface area contributed by atoms with Crippen LogP contribution in [0.15, 0.2) is 194 Å². The molecule has 0 aliphatic heterocycles. The van der Waals surface area contributed by atoms with Gasteiger partial charge in [-0.1, -0.05) is 203 Å². The molecule has 0 fully saturated rings. The lowest BCUT2D eigenvalue weighted by atomic mass is 9.98. The normalized spacial score (nSPS) is 12.5. The van der Waals surface area contributed by atoms with Gasteiger partial charge in [-0.25, -0.2) is 0 Å². The SMILES string of the molecule is CC(N)c1ccc2ccc3ccccc3c2n1.CCC(N)c1ccc2ccc3ccccc3c2n1.CCCCC(C)c1ccc2ccc3ccccc3c2n1.NCc1ccc2ccc3ccccc3c2n1. The first-order chi connectivity index (χ1) is 34.7. The maximum absolute atomic E-state index is 6.07. The van der Waals surface area contributed by atoms with Gasteiger partial charge in [0, 0.05) is 67.4 Å². The van der Waals surface area contributed by atoms with Crippen molar-refractivity contribution >= 4 is 86.7 Å². The number of fused-ring (bicyclic) bond motifs is 12. The van der Waals surface area contributed by atoms with Crippen molar-refractivity contribution in [2.75, 3.05) is 0 Å². The maximum atomic E-state index is 6.07. The number of hydrogen-bond donors (Lipinski definition) is 3. The minimum absolute atomic E-state index is 0.0216. The predicted octanol–water partition coefficient (Wildman–Crippen LogP) is 15.7. The molecule has 0 amide bonds. The topological polar surface area (TPSA) is 130 Å². The van der Waals surface area contributed by atoms with Crippen molar-refractivity contribution in [3.63, 3.8) is 0 Å². The van der Waals surface area contributed by atoms with Crippen LogP contribution in [-0.4, -0.2) is 19.9 Å². The van der Waals surface area contributed by atoms with E-state index in [2.05, 4.69) is 182 Å². The van der Waals surface area contributed by atoms with Crippen LogP contribution in [0.2, 0.25) is 0 Å². The van der Waals surface area contributed by atoms with Crippen LogP contribution in [0.5, 0.6) is 0 Å². The van der Waals surface area contributed by atoms with Crippen molar-refractivity contribution in [3.05, 3.63) is 217 Å². The molecule has 6 N–H and O–H groups in total. The van der Waals surface area contributed by atoms with Gasteiger partial charge in [0.25, 0.3) is 0 Å². The fourth-order valence-electron chi connectivity index (χ4n) is 9.23. The van der Waals surface area contributed by atoms with Gasteiger partial charge in [-0.3, -0.25) is 19.9 Å². The largest absolute Gasteiger partial charge is 0.325 e. The van der Waals surface area contributed by atoms with E-state index in [4.69, 9.17) is 27.2 Å². The van der Waals surface area contributed by atoms with Crippen LogP contribution < -0.4 is 17.2 Å². The Labute approximate surface area is 416 Å². The molecular weight excluding hydrogens is 867 g/mol. The summed E-state index contributed by atoms with van der Waals surface area (Å²) < 4.78 is 0. The number of nitrogens with two attached hydrogens (primary N) is 3. The molecule has 12 rings (SSSR count). The van der Waals surface area contributed by atoms with Gasteiger partial charge in [0.15, 0.2) is 0 Å². The fraction of sp³-hybridized carbons (Fsp3) is 0.188. The predicted molar refractivity (Wildman–Crippen MR) is 303 cm³/mol. The highest BCUT2D eigenvalue weighted by Crippen LogP contribution is 2.30. The molecule has 0 spiro atoms. The average molecular weight is 930 g/mol. The summed E-state index contributed by atoms with van der Waals surface area (Å²) in [6, 6.07) is 67.2. The Hall–Kier alpha value is -7.68. The quantitative estimate of drug-likeness (QED) is 0.129. The molecule has 0 radical (unpaired) electrons. The van der Waals surface area contributed by atoms with Crippen LogP contribution in [0.3, 0.4) is 0 Å². The third-order valence-corrected chi connectivity index (χ3v) is 13.5. The van der Waals surface area contributed by atoms with Crippen molar-refractivity contribution in [1.29, 1.82) is 0 Å². The minimum atomic E-state index is -0.0293. The first-order valence-electron chi connectivity index (χ1n) is 25.1. The van der Waals surface area contributed by atoms with E-state index in [9.17, 15) is 0 Å². The van der Waals surface area contributed by atoms with Gasteiger partial charge >= 0.3 is 0 Å². The highest BCUT2D eigenvalue weighted by atomic mass is 14.8. The first-order valence-corrected chi connectivity index (χ1v) is 25.1. The molecule has 0 aliphatic carbocycles.